The average molecular weight is 462 g/mol. The minimum Gasteiger partial charge on any atom is -0.483 e. The first-order valence-electron chi connectivity index (χ1n) is 9.01. The van der Waals surface area contributed by atoms with Crippen LogP contribution in [-0.2, 0) is 9.53 Å². The highest BCUT2D eigenvalue weighted by Crippen LogP contribution is 2.27. The molecule has 1 aliphatic heterocycles. The molecular weight excluding hydrogens is 442 g/mol. The summed E-state index contributed by atoms with van der Waals surface area (Å²) in [6, 6.07) is 10.2. The van der Waals surface area contributed by atoms with Gasteiger partial charge in [0.25, 0.3) is 11.6 Å². The summed E-state index contributed by atoms with van der Waals surface area (Å²) >= 11 is 3.44. The van der Waals surface area contributed by atoms with Crippen molar-refractivity contribution in [2.24, 2.45) is 4.99 Å². The van der Waals surface area contributed by atoms with Crippen LogP contribution >= 0.6 is 15.9 Å². The van der Waals surface area contributed by atoms with Gasteiger partial charge in [0, 0.05) is 30.9 Å². The molecule has 0 saturated carbocycles. The molecule has 1 heterocycles. The van der Waals surface area contributed by atoms with E-state index in [9.17, 15) is 14.9 Å². The lowest BCUT2D eigenvalue weighted by Gasteiger charge is -2.26. The van der Waals surface area contributed by atoms with Crippen LogP contribution in [0.3, 0.4) is 0 Å². The summed E-state index contributed by atoms with van der Waals surface area (Å²) in [5, 5.41) is 11.0. The number of aliphatic imine (C=N–C) groups is 1. The fourth-order valence-corrected chi connectivity index (χ4v) is 3.29. The van der Waals surface area contributed by atoms with E-state index in [1.54, 1.807) is 48.4 Å². The van der Waals surface area contributed by atoms with Crippen molar-refractivity contribution in [3.05, 3.63) is 62.1 Å². The summed E-state index contributed by atoms with van der Waals surface area (Å²) in [5.41, 5.74) is 1.90. The number of nitrogens with zero attached hydrogens (tertiary/aromatic N) is 3. The van der Waals surface area contributed by atoms with Gasteiger partial charge in [-0.05, 0) is 52.7 Å². The Labute approximate surface area is 176 Å². The van der Waals surface area contributed by atoms with Crippen LogP contribution < -0.4 is 4.74 Å². The highest BCUT2D eigenvalue weighted by molar-refractivity contribution is 9.10. The molecule has 1 saturated heterocycles. The van der Waals surface area contributed by atoms with Crippen LogP contribution in [0.1, 0.15) is 11.1 Å². The fraction of sp³-hybridized carbons (Fsp3) is 0.300. The standard InChI is InChI=1S/C20H20BrN3O5/c1-14-2-4-16(11-18(14)24(26)27)22-12-15-3-5-19(17(21)10-15)29-13-20(25)23-6-8-28-9-7-23/h2-5,10-12H,6-9,13H2,1H3. The van der Waals surface area contributed by atoms with E-state index in [1.165, 1.54) is 6.07 Å². The Morgan fingerprint density at radius 3 is 2.76 bits per heavy atom. The second kappa shape index (κ2) is 9.62. The number of nitro benzene ring substituents is 1. The van der Waals surface area contributed by atoms with Gasteiger partial charge >= 0.3 is 0 Å². The highest BCUT2D eigenvalue weighted by Gasteiger charge is 2.17. The molecule has 0 bridgehead atoms. The molecule has 3 rings (SSSR count). The lowest BCUT2D eigenvalue weighted by molar-refractivity contribution is -0.385. The Kier molecular flexibility index (Phi) is 6.95. The van der Waals surface area contributed by atoms with Gasteiger partial charge < -0.3 is 14.4 Å². The van der Waals surface area contributed by atoms with Crippen molar-refractivity contribution < 1.29 is 19.2 Å². The van der Waals surface area contributed by atoms with Crippen LogP contribution in [-0.4, -0.2) is 54.9 Å². The van der Waals surface area contributed by atoms with Gasteiger partial charge in [-0.1, -0.05) is 6.07 Å². The van der Waals surface area contributed by atoms with Crippen LogP contribution in [0, 0.1) is 17.0 Å². The van der Waals surface area contributed by atoms with E-state index in [4.69, 9.17) is 9.47 Å². The monoisotopic (exact) mass is 461 g/mol. The van der Waals surface area contributed by atoms with Crippen molar-refractivity contribution in [1.82, 2.24) is 4.90 Å². The summed E-state index contributed by atoms with van der Waals surface area (Å²) in [4.78, 5) is 28.8. The van der Waals surface area contributed by atoms with Crippen molar-refractivity contribution in [2.45, 2.75) is 6.92 Å². The normalized spacial score (nSPS) is 14.2. The molecule has 2 aromatic carbocycles. The number of halogens is 1. The largest absolute Gasteiger partial charge is 0.483 e. The fourth-order valence-electron chi connectivity index (χ4n) is 2.78. The predicted molar refractivity (Wildman–Crippen MR) is 112 cm³/mol. The van der Waals surface area contributed by atoms with E-state index in [1.807, 2.05) is 0 Å². The molecule has 1 aliphatic rings. The lowest BCUT2D eigenvalue weighted by Crippen LogP contribution is -2.43. The van der Waals surface area contributed by atoms with Crippen molar-refractivity contribution in [3.63, 3.8) is 0 Å². The van der Waals surface area contributed by atoms with Crippen molar-refractivity contribution in [2.75, 3.05) is 32.9 Å². The first-order valence-corrected chi connectivity index (χ1v) is 9.80. The SMILES string of the molecule is Cc1ccc(N=Cc2ccc(OCC(=O)N3CCOCC3)c(Br)c2)cc1[N+](=O)[O-]. The number of nitro groups is 1. The number of aryl methyl sites for hydroxylation is 1. The van der Waals surface area contributed by atoms with E-state index in [-0.39, 0.29) is 18.2 Å². The van der Waals surface area contributed by atoms with Crippen LogP contribution in [0.2, 0.25) is 0 Å². The number of rotatable bonds is 6. The first kappa shape index (κ1) is 20.9. The van der Waals surface area contributed by atoms with Crippen LogP contribution in [0.15, 0.2) is 45.9 Å². The van der Waals surface area contributed by atoms with Gasteiger partial charge in [0.15, 0.2) is 6.61 Å². The van der Waals surface area contributed by atoms with E-state index >= 15 is 0 Å². The van der Waals surface area contributed by atoms with Gasteiger partial charge in [-0.15, -0.1) is 0 Å². The van der Waals surface area contributed by atoms with Gasteiger partial charge in [0.05, 0.1) is 28.3 Å². The summed E-state index contributed by atoms with van der Waals surface area (Å²) in [5.74, 6) is 0.474. The Morgan fingerprint density at radius 1 is 1.31 bits per heavy atom. The van der Waals surface area contributed by atoms with E-state index in [2.05, 4.69) is 20.9 Å². The van der Waals surface area contributed by atoms with Gasteiger partial charge in [0.2, 0.25) is 0 Å². The predicted octanol–water partition coefficient (Wildman–Crippen LogP) is 3.65. The quantitative estimate of drug-likeness (QED) is 0.371. The number of morpholine rings is 1. The second-order valence-electron chi connectivity index (χ2n) is 6.46. The van der Waals surface area contributed by atoms with Crippen molar-refractivity contribution in [1.29, 1.82) is 0 Å². The minimum atomic E-state index is -0.421. The number of hydrogen-bond acceptors (Lipinski definition) is 6. The molecule has 9 heteroatoms. The lowest BCUT2D eigenvalue weighted by atomic mass is 10.2. The maximum atomic E-state index is 12.2. The number of benzene rings is 2. The maximum Gasteiger partial charge on any atom is 0.274 e. The molecule has 152 valence electrons. The summed E-state index contributed by atoms with van der Waals surface area (Å²) < 4.78 is 11.5. The zero-order valence-corrected chi connectivity index (χ0v) is 17.4. The van der Waals surface area contributed by atoms with Gasteiger partial charge in [-0.25, -0.2) is 0 Å². The van der Waals surface area contributed by atoms with Crippen LogP contribution in [0.25, 0.3) is 0 Å². The van der Waals surface area contributed by atoms with E-state index in [0.717, 1.165) is 5.56 Å². The molecule has 0 spiro atoms. The number of carbonyl (C=O) groups excluding carboxylic acids is 1. The zero-order valence-electron chi connectivity index (χ0n) is 15.8. The first-order chi connectivity index (χ1) is 13.9. The molecular formula is C20H20BrN3O5. The third-order valence-electron chi connectivity index (χ3n) is 4.42. The Morgan fingerprint density at radius 2 is 2.07 bits per heavy atom. The summed E-state index contributed by atoms with van der Waals surface area (Å²) in [7, 11) is 0. The average Bonchev–Trinajstić information content (AvgIpc) is 2.72. The molecule has 1 amide bonds. The Bertz CT molecular complexity index is 942. The zero-order chi connectivity index (χ0) is 20.8. The molecule has 8 nitrogen and oxygen atoms in total. The van der Waals surface area contributed by atoms with Gasteiger partial charge in [-0.3, -0.25) is 19.9 Å². The van der Waals surface area contributed by atoms with Crippen LogP contribution in [0.5, 0.6) is 5.75 Å². The summed E-state index contributed by atoms with van der Waals surface area (Å²) in [6.07, 6.45) is 1.61. The number of hydrogen-bond donors (Lipinski definition) is 0. The third-order valence-corrected chi connectivity index (χ3v) is 5.04. The summed E-state index contributed by atoms with van der Waals surface area (Å²) in [6.45, 7) is 3.90. The molecule has 2 aromatic rings. The van der Waals surface area contributed by atoms with Crippen molar-refractivity contribution >= 4 is 39.4 Å². The second-order valence-corrected chi connectivity index (χ2v) is 7.31. The molecule has 0 aromatic heterocycles. The molecule has 29 heavy (non-hydrogen) atoms. The Hall–Kier alpha value is -2.78. The molecule has 0 unspecified atom stereocenters. The maximum absolute atomic E-state index is 12.2. The van der Waals surface area contributed by atoms with Crippen LogP contribution in [0.4, 0.5) is 11.4 Å². The molecule has 0 aliphatic carbocycles. The molecule has 0 radical (unpaired) electrons. The van der Waals surface area contributed by atoms with E-state index in [0.29, 0.717) is 47.8 Å². The molecule has 0 atom stereocenters. The number of amides is 1. The van der Waals surface area contributed by atoms with Gasteiger partial charge in [-0.2, -0.15) is 0 Å². The topological polar surface area (TPSA) is 94.3 Å². The molecule has 0 N–H and O–H groups in total. The Balaban J connectivity index is 1.63. The third kappa shape index (κ3) is 5.61. The molecule has 1 fully saturated rings. The highest BCUT2D eigenvalue weighted by atomic mass is 79.9. The smallest absolute Gasteiger partial charge is 0.274 e. The van der Waals surface area contributed by atoms with Gasteiger partial charge in [0.1, 0.15) is 5.75 Å². The minimum absolute atomic E-state index is 0.0366. The van der Waals surface area contributed by atoms with Crippen molar-refractivity contribution in [3.8, 4) is 5.75 Å². The number of ether oxygens (including phenoxy) is 2. The number of carbonyl (C=O) groups is 1. The van der Waals surface area contributed by atoms with E-state index < -0.39 is 4.92 Å².